The fraction of sp³-hybridized carbons (Fsp3) is 0.304. The van der Waals surface area contributed by atoms with E-state index in [0.29, 0.717) is 11.4 Å². The molecule has 2 heterocycles. The van der Waals surface area contributed by atoms with Gasteiger partial charge >= 0.3 is 10.2 Å². The zero-order chi connectivity index (χ0) is 26.3. The third-order valence-electron chi connectivity index (χ3n) is 5.68. The predicted molar refractivity (Wildman–Crippen MR) is 137 cm³/mol. The molecule has 0 bridgehead atoms. The fourth-order valence-electron chi connectivity index (χ4n) is 3.86. The van der Waals surface area contributed by atoms with Crippen molar-refractivity contribution >= 4 is 45.9 Å². The molecule has 0 amide bonds. The summed E-state index contributed by atoms with van der Waals surface area (Å²) in [5.41, 5.74) is 3.03. The Morgan fingerprint density at radius 2 is 1.92 bits per heavy atom. The summed E-state index contributed by atoms with van der Waals surface area (Å²) in [5, 5.41) is 3.23. The third-order valence-corrected chi connectivity index (χ3v) is 8.27. The Bertz CT molecular complexity index is 1480. The van der Waals surface area contributed by atoms with E-state index in [1.165, 1.54) is 31.2 Å². The van der Waals surface area contributed by atoms with E-state index in [9.17, 15) is 16.9 Å². The quantitative estimate of drug-likeness (QED) is 0.331. The molecule has 192 valence electrons. The van der Waals surface area contributed by atoms with Gasteiger partial charge in [0.25, 0.3) is 0 Å². The van der Waals surface area contributed by atoms with E-state index < -0.39 is 22.3 Å². The fourth-order valence-corrected chi connectivity index (χ4v) is 5.67. The predicted octanol–water partition coefficient (Wildman–Crippen LogP) is 4.57. The second-order valence-electron chi connectivity index (χ2n) is 8.80. The summed E-state index contributed by atoms with van der Waals surface area (Å²) in [7, 11) is -4.44. The van der Waals surface area contributed by atoms with Crippen LogP contribution in [0.2, 0.25) is 5.02 Å². The second-order valence-corrected chi connectivity index (χ2v) is 13.7. The minimum absolute atomic E-state index is 0.0332. The van der Waals surface area contributed by atoms with E-state index in [4.69, 9.17) is 21.1 Å². The van der Waals surface area contributed by atoms with Crippen LogP contribution >= 0.6 is 18.7 Å². The first-order valence-electron chi connectivity index (χ1n) is 10.8. The smallest absolute Gasteiger partial charge is 0.332 e. The van der Waals surface area contributed by atoms with E-state index in [2.05, 4.69) is 27.2 Å². The SMILES string of the molecule is COc1cc2c(cc1Nc1ncc(Cl)c(Oc3ccc(S(=O)(=O)F)cc3P(C)(C)=O)n1)CN(C)CC2. The van der Waals surface area contributed by atoms with E-state index in [1.54, 1.807) is 7.11 Å². The zero-order valence-electron chi connectivity index (χ0n) is 20.1. The maximum absolute atomic E-state index is 13.5. The van der Waals surface area contributed by atoms with Crippen LogP contribution in [0.15, 0.2) is 41.4 Å². The lowest BCUT2D eigenvalue weighted by Gasteiger charge is -2.26. The van der Waals surface area contributed by atoms with Crippen LogP contribution in [0.1, 0.15) is 11.1 Å². The van der Waals surface area contributed by atoms with Crippen LogP contribution < -0.4 is 20.1 Å². The van der Waals surface area contributed by atoms with E-state index in [1.807, 2.05) is 12.1 Å². The van der Waals surface area contributed by atoms with Gasteiger partial charge in [0, 0.05) is 13.1 Å². The maximum atomic E-state index is 13.5. The minimum Gasteiger partial charge on any atom is -0.495 e. The van der Waals surface area contributed by atoms with Gasteiger partial charge in [0.2, 0.25) is 11.8 Å². The Labute approximate surface area is 214 Å². The lowest BCUT2D eigenvalue weighted by molar-refractivity contribution is 0.312. The Morgan fingerprint density at radius 3 is 2.58 bits per heavy atom. The van der Waals surface area contributed by atoms with Crippen LogP contribution in [0.3, 0.4) is 0 Å². The van der Waals surface area contributed by atoms with Crippen molar-refractivity contribution in [2.75, 3.05) is 39.3 Å². The molecule has 0 atom stereocenters. The summed E-state index contributed by atoms with van der Waals surface area (Å²) < 4.78 is 60.4. The molecule has 1 N–H and O–H groups in total. The number of nitrogens with one attached hydrogen (secondary N) is 1. The summed E-state index contributed by atoms with van der Waals surface area (Å²) in [5.74, 6) is 0.771. The van der Waals surface area contributed by atoms with Gasteiger partial charge < -0.3 is 24.3 Å². The number of hydrogen-bond donors (Lipinski definition) is 1. The number of fused-ring (bicyclic) bond motifs is 1. The number of methoxy groups -OCH3 is 1. The van der Waals surface area contributed by atoms with Crippen LogP contribution in [0.25, 0.3) is 0 Å². The largest absolute Gasteiger partial charge is 0.495 e. The van der Waals surface area contributed by atoms with Gasteiger partial charge in [-0.3, -0.25) is 0 Å². The highest BCUT2D eigenvalue weighted by Gasteiger charge is 2.24. The standard InChI is InChI=1S/C23H25ClFN4O5PS/c1-29-8-7-14-10-20(33-2)18(9-15(14)13-29)27-23-26-12-17(24)22(28-23)34-19-6-5-16(36(25,31)32)11-21(19)35(3,4)30/h5-6,9-12H,7-8,13H2,1-4H3,(H,26,27,28). The molecule has 13 heteroatoms. The summed E-state index contributed by atoms with van der Waals surface area (Å²) >= 11 is 6.26. The zero-order valence-corrected chi connectivity index (χ0v) is 22.5. The van der Waals surface area contributed by atoms with Crippen LogP contribution in [0.4, 0.5) is 15.5 Å². The van der Waals surface area contributed by atoms with Crippen LogP contribution in [-0.2, 0) is 27.8 Å². The highest BCUT2D eigenvalue weighted by atomic mass is 35.5. The average molecular weight is 555 g/mol. The first-order valence-corrected chi connectivity index (χ1v) is 15.2. The summed E-state index contributed by atoms with van der Waals surface area (Å²) in [6.07, 6.45) is 2.25. The van der Waals surface area contributed by atoms with Gasteiger partial charge in [-0.1, -0.05) is 11.6 Å². The van der Waals surface area contributed by atoms with Gasteiger partial charge in [-0.25, -0.2) is 4.98 Å². The van der Waals surface area contributed by atoms with E-state index in [0.717, 1.165) is 37.2 Å². The van der Waals surface area contributed by atoms with Gasteiger partial charge in [0.05, 0.1) is 29.2 Å². The van der Waals surface area contributed by atoms with Crippen molar-refractivity contribution in [1.82, 2.24) is 14.9 Å². The molecular formula is C23H25ClFN4O5PS. The number of likely N-dealkylation sites (N-methyl/N-ethyl adjacent to an activating group) is 1. The molecule has 0 saturated heterocycles. The molecule has 1 aliphatic heterocycles. The van der Waals surface area contributed by atoms with Crippen molar-refractivity contribution in [2.45, 2.75) is 17.9 Å². The van der Waals surface area contributed by atoms with Gasteiger partial charge in [-0.15, -0.1) is 3.89 Å². The number of anilines is 2. The highest BCUT2D eigenvalue weighted by molar-refractivity contribution is 7.86. The van der Waals surface area contributed by atoms with E-state index >= 15 is 0 Å². The molecule has 0 saturated carbocycles. The number of ether oxygens (including phenoxy) is 2. The number of benzene rings is 2. The van der Waals surface area contributed by atoms with Gasteiger partial charge in [-0.05, 0) is 68.3 Å². The molecule has 0 spiro atoms. The van der Waals surface area contributed by atoms with Crippen LogP contribution in [0.5, 0.6) is 17.4 Å². The molecule has 36 heavy (non-hydrogen) atoms. The van der Waals surface area contributed by atoms with Crippen molar-refractivity contribution in [3.63, 3.8) is 0 Å². The van der Waals surface area contributed by atoms with Gasteiger partial charge in [0.1, 0.15) is 23.7 Å². The monoisotopic (exact) mass is 554 g/mol. The lowest BCUT2D eigenvalue weighted by atomic mass is 9.99. The van der Waals surface area contributed by atoms with Crippen LogP contribution in [0, 0.1) is 0 Å². The number of aromatic nitrogens is 2. The molecule has 9 nitrogen and oxygen atoms in total. The maximum Gasteiger partial charge on any atom is 0.332 e. The number of hydrogen-bond acceptors (Lipinski definition) is 9. The van der Waals surface area contributed by atoms with Crippen molar-refractivity contribution in [1.29, 1.82) is 0 Å². The van der Waals surface area contributed by atoms with Crippen molar-refractivity contribution in [3.05, 3.63) is 52.7 Å². The normalized spacial score (nSPS) is 14.3. The molecule has 1 aliphatic rings. The molecule has 0 unspecified atom stereocenters. The lowest BCUT2D eigenvalue weighted by Crippen LogP contribution is -2.26. The van der Waals surface area contributed by atoms with Gasteiger partial charge in [0.15, 0.2) is 0 Å². The van der Waals surface area contributed by atoms with Crippen molar-refractivity contribution in [2.24, 2.45) is 0 Å². The van der Waals surface area contributed by atoms with Crippen molar-refractivity contribution < 1.29 is 26.3 Å². The van der Waals surface area contributed by atoms with Crippen molar-refractivity contribution in [3.8, 4) is 17.4 Å². The minimum atomic E-state index is -4.99. The average Bonchev–Trinajstić information content (AvgIpc) is 2.79. The highest BCUT2D eigenvalue weighted by Crippen LogP contribution is 2.41. The third kappa shape index (κ3) is 5.81. The summed E-state index contributed by atoms with van der Waals surface area (Å²) in [4.78, 5) is 10.2. The molecule has 1 aromatic heterocycles. The topological polar surface area (TPSA) is 111 Å². The van der Waals surface area contributed by atoms with Crippen LogP contribution in [-0.4, -0.2) is 57.3 Å². The molecule has 2 aromatic carbocycles. The number of nitrogens with zero attached hydrogens (tertiary/aromatic N) is 3. The number of halogens is 2. The second kappa shape index (κ2) is 9.97. The Morgan fingerprint density at radius 1 is 1.17 bits per heavy atom. The summed E-state index contributed by atoms with van der Waals surface area (Å²) in [6, 6.07) is 7.21. The first kappa shape index (κ1) is 26.3. The Hall–Kier alpha value is -2.72. The molecule has 4 rings (SSSR count). The molecule has 0 radical (unpaired) electrons. The van der Waals surface area contributed by atoms with E-state index in [-0.39, 0.29) is 27.9 Å². The number of rotatable bonds is 7. The molecule has 0 fully saturated rings. The molecule has 0 aliphatic carbocycles. The Kier molecular flexibility index (Phi) is 7.30. The first-order chi connectivity index (χ1) is 16.8. The van der Waals surface area contributed by atoms with Gasteiger partial charge in [-0.2, -0.15) is 13.4 Å². The summed E-state index contributed by atoms with van der Waals surface area (Å²) in [6.45, 7) is 4.59. The molecule has 3 aromatic rings. The molecular weight excluding hydrogens is 530 g/mol. The Balaban J connectivity index is 1.68.